The largest absolute Gasteiger partial charge is 0.479 e. The first-order valence-electron chi connectivity index (χ1n) is 16.3. The molecule has 0 aromatic heterocycles. The van der Waals surface area contributed by atoms with Crippen molar-refractivity contribution in [2.75, 3.05) is 18.1 Å². The Hall–Kier alpha value is -5.07. The molecule has 0 spiro atoms. The number of para-hydroxylation sites is 1. The smallest absolute Gasteiger partial charge is 0.308 e. The van der Waals surface area contributed by atoms with Gasteiger partial charge in [-0.1, -0.05) is 63.2 Å². The minimum atomic E-state index is -1.88. The molecule has 3 aromatic carbocycles. The van der Waals surface area contributed by atoms with Gasteiger partial charge in [0.15, 0.2) is 23.2 Å². The topological polar surface area (TPSA) is 119 Å². The van der Waals surface area contributed by atoms with Gasteiger partial charge in [0.2, 0.25) is 23.3 Å². The number of rotatable bonds is 11. The van der Waals surface area contributed by atoms with Crippen molar-refractivity contribution in [3.8, 4) is 5.75 Å². The van der Waals surface area contributed by atoms with Gasteiger partial charge in [-0.25, -0.2) is 8.78 Å². The number of halogens is 4. The third-order valence-electron chi connectivity index (χ3n) is 8.11. The first kappa shape index (κ1) is 38.7. The fraction of sp³-hybridized carbons (Fsp3) is 0.395. The fourth-order valence-electron chi connectivity index (χ4n) is 5.78. The summed E-state index contributed by atoms with van der Waals surface area (Å²) >= 11 is 0. The molecule has 0 saturated heterocycles. The number of hydrogen-bond acceptors (Lipinski definition) is 7. The number of ether oxygens (including phenoxy) is 2. The molecule has 9 nitrogen and oxygen atoms in total. The summed E-state index contributed by atoms with van der Waals surface area (Å²) in [6.07, 6.45) is -0.814. The number of nitrogens with zero attached hydrogens (tertiary/aromatic N) is 1. The molecule has 0 saturated carbocycles. The average molecular weight is 713 g/mol. The van der Waals surface area contributed by atoms with Gasteiger partial charge >= 0.3 is 5.97 Å². The van der Waals surface area contributed by atoms with Crippen LogP contribution in [0.2, 0.25) is 0 Å². The molecular weight excluding hydrogens is 672 g/mol. The number of benzene rings is 3. The predicted molar refractivity (Wildman–Crippen MR) is 179 cm³/mol. The van der Waals surface area contributed by atoms with E-state index in [9.17, 15) is 41.5 Å². The van der Waals surface area contributed by atoms with Crippen LogP contribution in [0.1, 0.15) is 64.7 Å². The lowest BCUT2D eigenvalue weighted by atomic mass is 9.82. The van der Waals surface area contributed by atoms with E-state index in [0.29, 0.717) is 16.8 Å². The van der Waals surface area contributed by atoms with Crippen LogP contribution in [0.3, 0.4) is 0 Å². The standard InChI is InChI=1S/C38H40F4N2O7/c1-37(2,3)24-13-9-7-11-21(24)16-29(45)36(49)44-19-23(15-22-12-8-10-14-28(22)44)35(48)43-27(18-31(47)51-38(4,5)6)30(46)20-50-34-32(41)25(39)17-26(40)33(34)42/h7-14,17,23,27H,15-16,18-20H2,1-6H3,(H,43,48)/t23-,27-/m0/s1. The molecule has 1 heterocycles. The van der Waals surface area contributed by atoms with Crippen LogP contribution in [0, 0.1) is 29.2 Å². The highest BCUT2D eigenvalue weighted by atomic mass is 19.2. The van der Waals surface area contributed by atoms with Crippen molar-refractivity contribution < 1.29 is 51.0 Å². The first-order valence-corrected chi connectivity index (χ1v) is 16.3. The second-order valence-electron chi connectivity index (χ2n) is 14.4. The van der Waals surface area contributed by atoms with Crippen molar-refractivity contribution in [1.29, 1.82) is 0 Å². The molecule has 0 fully saturated rings. The highest BCUT2D eigenvalue weighted by molar-refractivity contribution is 6.42. The molecule has 272 valence electrons. The third-order valence-corrected chi connectivity index (χ3v) is 8.11. The maximum absolute atomic E-state index is 14.2. The zero-order valence-electron chi connectivity index (χ0n) is 29.2. The van der Waals surface area contributed by atoms with Crippen LogP contribution in [-0.4, -0.2) is 54.1 Å². The van der Waals surface area contributed by atoms with Crippen molar-refractivity contribution >= 4 is 35.0 Å². The van der Waals surface area contributed by atoms with Crippen molar-refractivity contribution in [1.82, 2.24) is 5.32 Å². The molecule has 0 radical (unpaired) electrons. The highest BCUT2D eigenvalue weighted by Crippen LogP contribution is 2.32. The summed E-state index contributed by atoms with van der Waals surface area (Å²) in [6, 6.07) is 12.3. The van der Waals surface area contributed by atoms with Gasteiger partial charge in [-0.05, 0) is 55.4 Å². The lowest BCUT2D eigenvalue weighted by molar-refractivity contribution is -0.156. The normalized spacial score (nSPS) is 15.0. The Bertz CT molecular complexity index is 1820. The Morgan fingerprint density at radius 2 is 1.49 bits per heavy atom. The van der Waals surface area contributed by atoms with Gasteiger partial charge in [-0.2, -0.15) is 8.78 Å². The molecule has 13 heteroatoms. The van der Waals surface area contributed by atoms with Gasteiger partial charge in [0, 0.05) is 24.7 Å². The maximum Gasteiger partial charge on any atom is 0.308 e. The molecule has 1 aliphatic heterocycles. The second kappa shape index (κ2) is 15.4. The minimum Gasteiger partial charge on any atom is -0.479 e. The van der Waals surface area contributed by atoms with Crippen LogP contribution >= 0.6 is 0 Å². The quantitative estimate of drug-likeness (QED) is 0.117. The number of ketones is 2. The molecule has 2 atom stereocenters. The summed E-state index contributed by atoms with van der Waals surface area (Å²) in [4.78, 5) is 68.2. The SMILES string of the molecule is CC(C)(C)OC(=O)C[C@H](NC(=O)[C@H]1Cc2ccccc2N(C(=O)C(=O)Cc2ccccc2C(C)(C)C)C1)C(=O)COc1c(F)c(F)cc(F)c1F. The van der Waals surface area contributed by atoms with Gasteiger partial charge in [-0.15, -0.1) is 0 Å². The van der Waals surface area contributed by atoms with Crippen molar-refractivity contribution in [2.24, 2.45) is 5.92 Å². The number of anilines is 1. The van der Waals surface area contributed by atoms with Crippen LogP contribution in [0.15, 0.2) is 54.6 Å². The summed E-state index contributed by atoms with van der Waals surface area (Å²) < 4.78 is 65.9. The van der Waals surface area contributed by atoms with E-state index in [1.807, 2.05) is 32.9 Å². The zero-order valence-corrected chi connectivity index (χ0v) is 29.2. The summed E-state index contributed by atoms with van der Waals surface area (Å²) in [7, 11) is 0. The lowest BCUT2D eigenvalue weighted by Crippen LogP contribution is -2.52. The molecular formula is C38H40F4N2O7. The molecule has 0 bridgehead atoms. The van der Waals surface area contributed by atoms with Crippen LogP contribution < -0.4 is 15.0 Å². The maximum atomic E-state index is 14.2. The van der Waals surface area contributed by atoms with Gasteiger partial charge in [-0.3, -0.25) is 24.0 Å². The van der Waals surface area contributed by atoms with Crippen LogP contribution in [0.5, 0.6) is 5.75 Å². The van der Waals surface area contributed by atoms with Gasteiger partial charge in [0.1, 0.15) is 18.2 Å². The van der Waals surface area contributed by atoms with E-state index in [0.717, 1.165) is 5.56 Å². The monoisotopic (exact) mass is 712 g/mol. The Balaban J connectivity index is 1.56. The Kier molecular flexibility index (Phi) is 11.7. The average Bonchev–Trinajstić information content (AvgIpc) is 3.05. The second-order valence-corrected chi connectivity index (χ2v) is 14.4. The molecule has 3 aromatic rings. The van der Waals surface area contributed by atoms with E-state index in [1.54, 1.807) is 57.2 Å². The Labute approximate surface area is 293 Å². The first-order chi connectivity index (χ1) is 23.8. The molecule has 1 N–H and O–H groups in total. The molecule has 2 amide bonds. The van der Waals surface area contributed by atoms with E-state index < -0.39 is 89.0 Å². The van der Waals surface area contributed by atoms with E-state index in [-0.39, 0.29) is 30.9 Å². The summed E-state index contributed by atoms with van der Waals surface area (Å²) in [5.41, 5.74) is 1.32. The van der Waals surface area contributed by atoms with Crippen LogP contribution in [0.25, 0.3) is 0 Å². The van der Waals surface area contributed by atoms with Crippen molar-refractivity contribution in [2.45, 2.75) is 77.9 Å². The predicted octanol–water partition coefficient (Wildman–Crippen LogP) is 5.72. The van der Waals surface area contributed by atoms with Gasteiger partial charge < -0.3 is 19.7 Å². The number of esters is 1. The molecule has 51 heavy (non-hydrogen) atoms. The Morgan fingerprint density at radius 3 is 2.12 bits per heavy atom. The molecule has 1 aliphatic rings. The van der Waals surface area contributed by atoms with Gasteiger partial charge in [0.25, 0.3) is 5.91 Å². The number of amides is 2. The van der Waals surface area contributed by atoms with Crippen molar-refractivity contribution in [3.05, 3.63) is 94.6 Å². The summed E-state index contributed by atoms with van der Waals surface area (Å²) in [6.45, 7) is 9.25. The molecule has 0 aliphatic carbocycles. The van der Waals surface area contributed by atoms with E-state index >= 15 is 0 Å². The van der Waals surface area contributed by atoms with Crippen LogP contribution in [-0.2, 0) is 47.0 Å². The van der Waals surface area contributed by atoms with E-state index in [4.69, 9.17) is 9.47 Å². The number of fused-ring (bicyclic) bond motifs is 1. The molecule has 0 unspecified atom stereocenters. The zero-order chi connectivity index (χ0) is 37.8. The van der Waals surface area contributed by atoms with E-state index in [2.05, 4.69) is 5.32 Å². The lowest BCUT2D eigenvalue weighted by Gasteiger charge is -2.34. The van der Waals surface area contributed by atoms with E-state index in [1.165, 1.54) is 4.90 Å². The van der Waals surface area contributed by atoms with Crippen molar-refractivity contribution in [3.63, 3.8) is 0 Å². The number of hydrogen-bond donors (Lipinski definition) is 1. The highest BCUT2D eigenvalue weighted by Gasteiger charge is 2.37. The number of Topliss-reactive ketones (excluding diaryl/α,β-unsaturated/α-hetero) is 2. The number of carbonyl (C=O) groups excluding carboxylic acids is 5. The fourth-order valence-corrected chi connectivity index (χ4v) is 5.78. The number of carbonyl (C=O) groups is 5. The van der Waals surface area contributed by atoms with Gasteiger partial charge in [0.05, 0.1) is 12.3 Å². The number of nitrogens with one attached hydrogen (secondary N) is 1. The third kappa shape index (κ3) is 9.59. The van der Waals surface area contributed by atoms with Crippen LogP contribution in [0.4, 0.5) is 23.2 Å². The Morgan fingerprint density at radius 1 is 0.882 bits per heavy atom. The summed E-state index contributed by atoms with van der Waals surface area (Å²) in [5, 5.41) is 2.45. The minimum absolute atomic E-state index is 0.0282. The molecule has 4 rings (SSSR count). The summed E-state index contributed by atoms with van der Waals surface area (Å²) in [5.74, 6) is -14.1.